The van der Waals surface area contributed by atoms with Gasteiger partial charge in [0.05, 0.1) is 24.5 Å². The van der Waals surface area contributed by atoms with Crippen LogP contribution in [0.3, 0.4) is 0 Å². The van der Waals surface area contributed by atoms with Crippen LogP contribution in [-0.4, -0.2) is 75.3 Å². The predicted octanol–water partition coefficient (Wildman–Crippen LogP) is 1.93. The zero-order valence-electron chi connectivity index (χ0n) is 17.2. The molecule has 1 aliphatic heterocycles. The Hall–Kier alpha value is -3.09. The van der Waals surface area contributed by atoms with Gasteiger partial charge in [-0.05, 0) is 29.8 Å². The topological polar surface area (TPSA) is 118 Å². The number of morpholine rings is 1. The van der Waals surface area contributed by atoms with E-state index in [0.29, 0.717) is 5.56 Å². The number of rotatable bonds is 5. The van der Waals surface area contributed by atoms with E-state index in [0.717, 1.165) is 17.3 Å². The maximum Gasteiger partial charge on any atom is 0.416 e. The molecule has 0 aliphatic carbocycles. The van der Waals surface area contributed by atoms with Gasteiger partial charge in [0.1, 0.15) is 29.4 Å². The first-order chi connectivity index (χ1) is 15.5. The molecule has 1 fully saturated rings. The van der Waals surface area contributed by atoms with Crippen LogP contribution in [0, 0.1) is 0 Å². The Bertz CT molecular complexity index is 1070. The number of aromatic nitrogens is 3. The number of pyridine rings is 1. The van der Waals surface area contributed by atoms with Crippen molar-refractivity contribution in [1.29, 1.82) is 0 Å². The molecule has 0 spiro atoms. The molecule has 2 amide bonds. The number of nitrogens with one attached hydrogen (secondary N) is 1. The minimum atomic E-state index is -4.95. The van der Waals surface area contributed by atoms with Crippen LogP contribution in [0.1, 0.15) is 22.2 Å². The fraction of sp³-hybridized carbons (Fsp3) is 0.350. The molecule has 3 heterocycles. The van der Waals surface area contributed by atoms with Gasteiger partial charge >= 0.3 is 6.18 Å². The maximum atomic E-state index is 13.1. The SMILES string of the molecule is C=CC(=O)N1C[C@H](c2cc(Cl)nc(-c3cc(C(=O)NC)ncn3)c2)O[C@@H]([C@@H](O)C(F)(F)F)C1. The Labute approximate surface area is 191 Å². The van der Waals surface area contributed by atoms with Crippen LogP contribution in [0.2, 0.25) is 5.15 Å². The van der Waals surface area contributed by atoms with E-state index in [1.54, 1.807) is 0 Å². The van der Waals surface area contributed by atoms with Gasteiger partial charge in [0.25, 0.3) is 5.91 Å². The summed E-state index contributed by atoms with van der Waals surface area (Å²) in [6.07, 6.45) is -8.45. The highest BCUT2D eigenvalue weighted by Crippen LogP contribution is 2.34. The number of carbonyl (C=O) groups is 2. The summed E-state index contributed by atoms with van der Waals surface area (Å²) >= 11 is 6.13. The van der Waals surface area contributed by atoms with Crippen molar-refractivity contribution < 1.29 is 32.6 Å². The minimum absolute atomic E-state index is 0.0219. The zero-order chi connectivity index (χ0) is 24.3. The van der Waals surface area contributed by atoms with Gasteiger partial charge < -0.3 is 20.1 Å². The molecule has 0 bridgehead atoms. The second-order valence-corrected chi connectivity index (χ2v) is 7.46. The van der Waals surface area contributed by atoms with Crippen LogP contribution in [0.5, 0.6) is 0 Å². The third-order valence-electron chi connectivity index (χ3n) is 4.88. The lowest BCUT2D eigenvalue weighted by atomic mass is 10.0. The molecule has 9 nitrogen and oxygen atoms in total. The van der Waals surface area contributed by atoms with Gasteiger partial charge in [0, 0.05) is 7.05 Å². The van der Waals surface area contributed by atoms with Crippen molar-refractivity contribution in [3.63, 3.8) is 0 Å². The maximum absolute atomic E-state index is 13.1. The first-order valence-electron chi connectivity index (χ1n) is 9.57. The van der Waals surface area contributed by atoms with E-state index in [-0.39, 0.29) is 28.8 Å². The average molecular weight is 486 g/mol. The molecular weight excluding hydrogens is 467 g/mol. The molecule has 33 heavy (non-hydrogen) atoms. The quantitative estimate of drug-likeness (QED) is 0.491. The molecule has 2 N–H and O–H groups in total. The molecule has 0 radical (unpaired) electrons. The Balaban J connectivity index is 1.99. The lowest BCUT2D eigenvalue weighted by molar-refractivity contribution is -0.253. The molecule has 2 aromatic rings. The van der Waals surface area contributed by atoms with Crippen LogP contribution in [0.4, 0.5) is 13.2 Å². The molecule has 176 valence electrons. The number of aliphatic hydroxyl groups is 1. The molecule has 1 saturated heterocycles. The number of carbonyl (C=O) groups excluding carboxylic acids is 2. The fourth-order valence-electron chi connectivity index (χ4n) is 3.25. The number of alkyl halides is 3. The second-order valence-electron chi connectivity index (χ2n) is 7.07. The molecule has 3 rings (SSSR count). The molecule has 0 saturated carbocycles. The second kappa shape index (κ2) is 9.81. The van der Waals surface area contributed by atoms with E-state index in [1.807, 2.05) is 0 Å². The summed E-state index contributed by atoms with van der Waals surface area (Å²) in [4.78, 5) is 37.2. The highest BCUT2D eigenvalue weighted by molar-refractivity contribution is 6.29. The third-order valence-corrected chi connectivity index (χ3v) is 5.07. The summed E-state index contributed by atoms with van der Waals surface area (Å²) < 4.78 is 44.9. The summed E-state index contributed by atoms with van der Waals surface area (Å²) in [5, 5.41) is 12.1. The lowest BCUT2D eigenvalue weighted by Gasteiger charge is -2.40. The Morgan fingerprint density at radius 2 is 2.03 bits per heavy atom. The Morgan fingerprint density at radius 1 is 1.30 bits per heavy atom. The molecular formula is C20H19ClF3N5O4. The van der Waals surface area contributed by atoms with Crippen molar-refractivity contribution in [2.45, 2.75) is 24.5 Å². The number of hydrogen-bond acceptors (Lipinski definition) is 7. The number of hydrogen-bond donors (Lipinski definition) is 2. The van der Waals surface area contributed by atoms with Crippen LogP contribution in [0.15, 0.2) is 37.2 Å². The van der Waals surface area contributed by atoms with Gasteiger partial charge in [-0.3, -0.25) is 9.59 Å². The van der Waals surface area contributed by atoms with E-state index in [9.17, 15) is 27.9 Å². The smallest absolute Gasteiger partial charge is 0.381 e. The van der Waals surface area contributed by atoms with Crippen LogP contribution in [0.25, 0.3) is 11.4 Å². The van der Waals surface area contributed by atoms with Crippen molar-refractivity contribution in [1.82, 2.24) is 25.2 Å². The van der Waals surface area contributed by atoms with E-state index in [1.165, 1.54) is 25.2 Å². The predicted molar refractivity (Wildman–Crippen MR) is 110 cm³/mol. The van der Waals surface area contributed by atoms with Crippen molar-refractivity contribution in [3.8, 4) is 11.4 Å². The fourth-order valence-corrected chi connectivity index (χ4v) is 3.47. The first kappa shape index (κ1) is 24.6. The molecule has 1 aliphatic rings. The minimum Gasteiger partial charge on any atom is -0.381 e. The van der Waals surface area contributed by atoms with Crippen LogP contribution < -0.4 is 5.32 Å². The van der Waals surface area contributed by atoms with Gasteiger partial charge in [-0.1, -0.05) is 18.2 Å². The number of nitrogens with zero attached hydrogens (tertiary/aromatic N) is 4. The van der Waals surface area contributed by atoms with Gasteiger partial charge in [-0.25, -0.2) is 15.0 Å². The largest absolute Gasteiger partial charge is 0.416 e. The molecule has 3 atom stereocenters. The van der Waals surface area contributed by atoms with E-state index in [2.05, 4.69) is 26.8 Å². The summed E-state index contributed by atoms with van der Waals surface area (Å²) in [6.45, 7) is 2.77. The third kappa shape index (κ3) is 5.64. The average Bonchev–Trinajstić information content (AvgIpc) is 2.81. The van der Waals surface area contributed by atoms with Gasteiger partial charge in [-0.15, -0.1) is 0 Å². The number of amides is 2. The van der Waals surface area contributed by atoms with Crippen LogP contribution >= 0.6 is 11.6 Å². The highest BCUT2D eigenvalue weighted by atomic mass is 35.5. The zero-order valence-corrected chi connectivity index (χ0v) is 18.0. The number of aliphatic hydroxyl groups excluding tert-OH is 1. The van der Waals surface area contributed by atoms with Gasteiger partial charge in [0.15, 0.2) is 6.10 Å². The Morgan fingerprint density at radius 3 is 2.67 bits per heavy atom. The van der Waals surface area contributed by atoms with Crippen molar-refractivity contribution >= 4 is 23.4 Å². The summed E-state index contributed by atoms with van der Waals surface area (Å²) in [6, 6.07) is 4.20. The van der Waals surface area contributed by atoms with Crippen molar-refractivity contribution in [2.75, 3.05) is 20.1 Å². The molecule has 2 aromatic heterocycles. The normalized spacial score (nSPS) is 19.6. The molecule has 0 unspecified atom stereocenters. The highest BCUT2D eigenvalue weighted by Gasteiger charge is 2.47. The Kier molecular flexibility index (Phi) is 7.30. The molecule has 13 heteroatoms. The summed E-state index contributed by atoms with van der Waals surface area (Å²) in [7, 11) is 1.43. The van der Waals surface area contributed by atoms with E-state index in [4.69, 9.17) is 16.3 Å². The lowest BCUT2D eigenvalue weighted by Crippen LogP contribution is -2.54. The standard InChI is InChI=1S/C20H19ClF3N5O4/c1-3-17(30)29-7-14(33-15(8-29)18(31)20(22,23)24)10-4-12(28-16(21)5-10)11-6-13(19(32)25-2)27-9-26-11/h3-6,9,14-15,18,31H,1,7-8H2,2H3,(H,25,32)/t14-,15-,18-/m1/s1. The summed E-state index contributed by atoms with van der Waals surface area (Å²) in [5.74, 6) is -1.08. The van der Waals surface area contributed by atoms with E-state index < -0.39 is 42.8 Å². The first-order valence-corrected chi connectivity index (χ1v) is 9.94. The van der Waals surface area contributed by atoms with Gasteiger partial charge in [-0.2, -0.15) is 13.2 Å². The van der Waals surface area contributed by atoms with Crippen molar-refractivity contribution in [3.05, 3.63) is 53.6 Å². The molecule has 0 aromatic carbocycles. The van der Waals surface area contributed by atoms with Gasteiger partial charge in [0.2, 0.25) is 5.91 Å². The number of halogens is 4. The summed E-state index contributed by atoms with van der Waals surface area (Å²) in [5.41, 5.74) is 0.796. The number of ether oxygens (including phenoxy) is 1. The van der Waals surface area contributed by atoms with E-state index >= 15 is 0 Å². The monoisotopic (exact) mass is 485 g/mol. The van der Waals surface area contributed by atoms with Crippen molar-refractivity contribution in [2.24, 2.45) is 0 Å². The van der Waals surface area contributed by atoms with Crippen LogP contribution in [-0.2, 0) is 9.53 Å².